The molecule has 1 N–H and O–H groups in total. The molecule has 0 radical (unpaired) electrons. The second kappa shape index (κ2) is 4.53. The van der Waals surface area contributed by atoms with Gasteiger partial charge in [0, 0.05) is 6.92 Å². The van der Waals surface area contributed by atoms with Crippen LogP contribution < -0.4 is 5.32 Å². The van der Waals surface area contributed by atoms with E-state index in [-0.39, 0.29) is 0 Å². The number of halogens is 1. The number of hydrogen-bond acceptors (Lipinski definition) is 4. The van der Waals surface area contributed by atoms with E-state index in [0.717, 1.165) is 11.3 Å². The first kappa shape index (κ1) is 11.0. The lowest BCUT2D eigenvalue weighted by Crippen LogP contribution is -2.01. The van der Waals surface area contributed by atoms with Crippen molar-refractivity contribution in [2.24, 2.45) is 0 Å². The van der Waals surface area contributed by atoms with E-state index in [1.807, 2.05) is 25.1 Å². The third kappa shape index (κ3) is 2.52. The number of aromatic nitrogens is 2. The summed E-state index contributed by atoms with van der Waals surface area (Å²) in [7, 11) is 0. The van der Waals surface area contributed by atoms with Crippen LogP contribution in [0.25, 0.3) is 0 Å². The first-order chi connectivity index (χ1) is 7.65. The van der Waals surface area contributed by atoms with E-state index >= 15 is 0 Å². The van der Waals surface area contributed by atoms with Gasteiger partial charge >= 0.3 is 0 Å². The maximum atomic E-state index is 6.07. The molecule has 0 spiro atoms. The number of nitrogens with one attached hydrogen (secondary N) is 1. The molecule has 0 aliphatic rings. The maximum Gasteiger partial charge on any atom is 0.223 e. The van der Waals surface area contributed by atoms with E-state index in [9.17, 15) is 0 Å². The fourth-order valence-corrected chi connectivity index (χ4v) is 1.65. The zero-order chi connectivity index (χ0) is 11.5. The highest BCUT2D eigenvalue weighted by atomic mass is 35.5. The van der Waals surface area contributed by atoms with Gasteiger partial charge in [-0.15, -0.1) is 0 Å². The molecule has 1 aromatic carbocycles. The van der Waals surface area contributed by atoms with Crippen LogP contribution in [0.2, 0.25) is 5.02 Å². The van der Waals surface area contributed by atoms with E-state index in [1.54, 1.807) is 6.92 Å². The molecule has 0 aliphatic heterocycles. The monoisotopic (exact) mass is 237 g/mol. The Hall–Kier alpha value is -1.55. The van der Waals surface area contributed by atoms with Gasteiger partial charge in [0.05, 0.1) is 17.3 Å². The minimum Gasteiger partial charge on any atom is -0.376 e. The number of nitrogens with zero attached hydrogens (tertiary/aromatic N) is 2. The first-order valence-corrected chi connectivity index (χ1v) is 5.32. The predicted molar refractivity (Wildman–Crippen MR) is 62.6 cm³/mol. The third-order valence-electron chi connectivity index (χ3n) is 2.13. The standard InChI is InChI=1S/C11H12ClN3O/c1-7-3-4-10(9(12)5-7)13-6-11-14-8(2)16-15-11/h3-5,13H,6H2,1-2H3. The van der Waals surface area contributed by atoms with Gasteiger partial charge in [-0.1, -0.05) is 22.8 Å². The van der Waals surface area contributed by atoms with Crippen LogP contribution in [-0.2, 0) is 6.54 Å². The molecule has 1 aromatic heterocycles. The molecule has 0 amide bonds. The Balaban J connectivity index is 2.04. The lowest BCUT2D eigenvalue weighted by molar-refractivity contribution is 0.388. The average molecular weight is 238 g/mol. The van der Waals surface area contributed by atoms with Crippen LogP contribution in [0.5, 0.6) is 0 Å². The molecule has 0 bridgehead atoms. The molecule has 1 heterocycles. The summed E-state index contributed by atoms with van der Waals surface area (Å²) in [6.07, 6.45) is 0. The normalized spacial score (nSPS) is 10.4. The topological polar surface area (TPSA) is 51.0 Å². The summed E-state index contributed by atoms with van der Waals surface area (Å²) in [5, 5.41) is 7.63. The van der Waals surface area contributed by atoms with Gasteiger partial charge in [-0.2, -0.15) is 4.98 Å². The van der Waals surface area contributed by atoms with Crippen LogP contribution in [-0.4, -0.2) is 10.1 Å². The highest BCUT2D eigenvalue weighted by Crippen LogP contribution is 2.22. The van der Waals surface area contributed by atoms with Crippen LogP contribution in [0.15, 0.2) is 22.7 Å². The fraction of sp³-hybridized carbons (Fsp3) is 0.273. The van der Waals surface area contributed by atoms with Crippen molar-refractivity contribution in [3.8, 4) is 0 Å². The van der Waals surface area contributed by atoms with Crippen LogP contribution >= 0.6 is 11.6 Å². The molecule has 0 aliphatic carbocycles. The van der Waals surface area contributed by atoms with Gasteiger partial charge < -0.3 is 9.84 Å². The Labute approximate surface area is 98.6 Å². The summed E-state index contributed by atoms with van der Waals surface area (Å²) in [5.41, 5.74) is 2.00. The smallest absolute Gasteiger partial charge is 0.223 e. The minimum atomic E-state index is 0.500. The van der Waals surface area contributed by atoms with E-state index in [1.165, 1.54) is 0 Å². The number of anilines is 1. The maximum absolute atomic E-state index is 6.07. The van der Waals surface area contributed by atoms with Crippen LogP contribution in [0.3, 0.4) is 0 Å². The zero-order valence-electron chi connectivity index (χ0n) is 9.12. The average Bonchev–Trinajstić information content (AvgIpc) is 2.63. The van der Waals surface area contributed by atoms with Crippen molar-refractivity contribution in [1.82, 2.24) is 10.1 Å². The van der Waals surface area contributed by atoms with Crippen molar-refractivity contribution < 1.29 is 4.52 Å². The molecule has 0 unspecified atom stereocenters. The Kier molecular flexibility index (Phi) is 3.10. The van der Waals surface area contributed by atoms with Gasteiger partial charge in [-0.05, 0) is 24.6 Å². The van der Waals surface area contributed by atoms with Crippen molar-refractivity contribution >= 4 is 17.3 Å². The van der Waals surface area contributed by atoms with E-state index < -0.39 is 0 Å². The summed E-state index contributed by atoms with van der Waals surface area (Å²) in [4.78, 5) is 4.09. The molecule has 4 nitrogen and oxygen atoms in total. The molecule has 0 saturated carbocycles. The van der Waals surface area contributed by atoms with Crippen LogP contribution in [0, 0.1) is 13.8 Å². The molecule has 2 rings (SSSR count). The van der Waals surface area contributed by atoms with Gasteiger partial charge in [0.2, 0.25) is 5.89 Å². The van der Waals surface area contributed by atoms with Gasteiger partial charge in [0.1, 0.15) is 0 Å². The van der Waals surface area contributed by atoms with Crippen LogP contribution in [0.4, 0.5) is 5.69 Å². The number of rotatable bonds is 3. The molecule has 0 saturated heterocycles. The fourth-order valence-electron chi connectivity index (χ4n) is 1.35. The summed E-state index contributed by atoms with van der Waals surface area (Å²) in [6, 6.07) is 5.84. The molecule has 16 heavy (non-hydrogen) atoms. The van der Waals surface area contributed by atoms with Crippen molar-refractivity contribution in [2.75, 3.05) is 5.32 Å². The summed E-state index contributed by atoms with van der Waals surface area (Å²) >= 11 is 6.07. The molecule has 2 aromatic rings. The summed E-state index contributed by atoms with van der Waals surface area (Å²) in [5.74, 6) is 1.18. The highest BCUT2D eigenvalue weighted by molar-refractivity contribution is 6.33. The minimum absolute atomic E-state index is 0.500. The Morgan fingerprint density at radius 2 is 2.19 bits per heavy atom. The number of aryl methyl sites for hydroxylation is 2. The quantitative estimate of drug-likeness (QED) is 0.892. The Morgan fingerprint density at radius 3 is 2.81 bits per heavy atom. The van der Waals surface area contributed by atoms with E-state index in [0.29, 0.717) is 23.3 Å². The predicted octanol–water partition coefficient (Wildman–Crippen LogP) is 2.95. The van der Waals surface area contributed by atoms with Crippen LogP contribution in [0.1, 0.15) is 17.3 Å². The van der Waals surface area contributed by atoms with E-state index in [4.69, 9.17) is 16.1 Å². The molecule has 5 heteroatoms. The van der Waals surface area contributed by atoms with Gasteiger partial charge in [0.25, 0.3) is 0 Å². The summed E-state index contributed by atoms with van der Waals surface area (Å²) in [6.45, 7) is 4.26. The first-order valence-electron chi connectivity index (χ1n) is 4.94. The van der Waals surface area contributed by atoms with E-state index in [2.05, 4.69) is 15.5 Å². The van der Waals surface area contributed by atoms with Gasteiger partial charge in [-0.25, -0.2) is 0 Å². The number of benzene rings is 1. The largest absolute Gasteiger partial charge is 0.376 e. The molecule has 84 valence electrons. The molecule has 0 atom stereocenters. The van der Waals surface area contributed by atoms with Crippen molar-refractivity contribution in [1.29, 1.82) is 0 Å². The van der Waals surface area contributed by atoms with Gasteiger partial charge in [-0.3, -0.25) is 0 Å². The van der Waals surface area contributed by atoms with Crippen molar-refractivity contribution in [3.05, 3.63) is 40.5 Å². The number of hydrogen-bond donors (Lipinski definition) is 1. The zero-order valence-corrected chi connectivity index (χ0v) is 9.88. The Bertz CT molecular complexity index is 496. The molecule has 0 fully saturated rings. The third-order valence-corrected chi connectivity index (χ3v) is 2.44. The van der Waals surface area contributed by atoms with Gasteiger partial charge in [0.15, 0.2) is 5.82 Å². The lowest BCUT2D eigenvalue weighted by Gasteiger charge is -2.06. The molecular weight excluding hydrogens is 226 g/mol. The molecular formula is C11H12ClN3O. The second-order valence-corrected chi connectivity index (χ2v) is 3.97. The summed E-state index contributed by atoms with van der Waals surface area (Å²) < 4.78 is 4.87. The van der Waals surface area contributed by atoms with Crippen molar-refractivity contribution in [2.45, 2.75) is 20.4 Å². The second-order valence-electron chi connectivity index (χ2n) is 3.57. The van der Waals surface area contributed by atoms with Crippen molar-refractivity contribution in [3.63, 3.8) is 0 Å². The highest BCUT2D eigenvalue weighted by Gasteiger charge is 2.04. The lowest BCUT2D eigenvalue weighted by atomic mass is 10.2. The SMILES string of the molecule is Cc1ccc(NCc2noc(C)n2)c(Cl)c1. The Morgan fingerprint density at radius 1 is 1.38 bits per heavy atom.